The Morgan fingerprint density at radius 3 is 2.26 bits per heavy atom. The minimum atomic E-state index is -0.365. The van der Waals surface area contributed by atoms with Gasteiger partial charge in [-0.2, -0.15) is 0 Å². The average Bonchev–Trinajstić information content (AvgIpc) is 2.57. The molecule has 0 radical (unpaired) electrons. The first-order valence-corrected chi connectivity index (χ1v) is 8.52. The zero-order valence-corrected chi connectivity index (χ0v) is 14.0. The lowest BCUT2D eigenvalue weighted by Gasteiger charge is -2.40. The summed E-state index contributed by atoms with van der Waals surface area (Å²) in [4.78, 5) is 19.6. The molecule has 1 aliphatic carbocycles. The summed E-state index contributed by atoms with van der Waals surface area (Å²) in [5.74, 6) is 0.167. The number of pyridine rings is 1. The van der Waals surface area contributed by atoms with Gasteiger partial charge >= 0.3 is 0 Å². The number of carbonyl (C=O) groups excluding carboxylic acids is 1. The van der Waals surface area contributed by atoms with Crippen LogP contribution in [0.3, 0.4) is 0 Å². The molecule has 3 rings (SSSR count). The van der Waals surface area contributed by atoms with Crippen molar-refractivity contribution >= 4 is 11.5 Å². The molecule has 0 N–H and O–H groups in total. The fourth-order valence-corrected chi connectivity index (χ4v) is 3.50. The normalized spacial score (nSPS) is 15.7. The number of nitrogens with zero attached hydrogens (tertiary/aromatic N) is 2. The molecule has 1 fully saturated rings. The lowest BCUT2D eigenvalue weighted by atomic mass is 9.61. The van der Waals surface area contributed by atoms with Crippen molar-refractivity contribution in [2.24, 2.45) is 0 Å². The third kappa shape index (κ3) is 2.76. The molecule has 0 aliphatic heterocycles. The fraction of sp³-hybridized carbons (Fsp3) is 0.400. The van der Waals surface area contributed by atoms with E-state index in [9.17, 15) is 4.79 Å². The molecule has 1 aromatic carbocycles. The van der Waals surface area contributed by atoms with E-state index in [4.69, 9.17) is 0 Å². The predicted octanol–water partition coefficient (Wildman–Crippen LogP) is 4.23. The SMILES string of the molecule is CCN(CC)c1ccc(C2(C(=O)c3ccccn3)CCC2)cc1. The fourth-order valence-electron chi connectivity index (χ4n) is 3.50. The third-order valence-corrected chi connectivity index (χ3v) is 5.09. The third-order valence-electron chi connectivity index (χ3n) is 5.09. The van der Waals surface area contributed by atoms with E-state index < -0.39 is 0 Å². The first-order chi connectivity index (χ1) is 11.2. The number of hydrogen-bond acceptors (Lipinski definition) is 3. The van der Waals surface area contributed by atoms with E-state index >= 15 is 0 Å². The van der Waals surface area contributed by atoms with Gasteiger partial charge in [-0.05, 0) is 56.5 Å². The summed E-state index contributed by atoms with van der Waals surface area (Å²) in [5.41, 5.74) is 2.57. The van der Waals surface area contributed by atoms with Crippen molar-refractivity contribution in [2.75, 3.05) is 18.0 Å². The van der Waals surface area contributed by atoms with E-state index in [1.165, 1.54) is 5.69 Å². The molecule has 120 valence electrons. The maximum atomic E-state index is 13.0. The van der Waals surface area contributed by atoms with Gasteiger partial charge in [-0.25, -0.2) is 0 Å². The Morgan fingerprint density at radius 2 is 1.78 bits per heavy atom. The Morgan fingerprint density at radius 1 is 1.09 bits per heavy atom. The van der Waals surface area contributed by atoms with Crippen LogP contribution in [-0.4, -0.2) is 23.9 Å². The molecule has 23 heavy (non-hydrogen) atoms. The summed E-state index contributed by atoms with van der Waals surface area (Å²) in [6.07, 6.45) is 4.65. The predicted molar refractivity (Wildman–Crippen MR) is 94.1 cm³/mol. The summed E-state index contributed by atoms with van der Waals surface area (Å²) in [6.45, 7) is 6.31. The number of ketones is 1. The molecule has 0 amide bonds. The van der Waals surface area contributed by atoms with Crippen molar-refractivity contribution < 1.29 is 4.79 Å². The number of carbonyl (C=O) groups is 1. The van der Waals surface area contributed by atoms with Crippen molar-refractivity contribution in [3.8, 4) is 0 Å². The largest absolute Gasteiger partial charge is 0.372 e. The van der Waals surface area contributed by atoms with Crippen LogP contribution in [-0.2, 0) is 5.41 Å². The molecule has 0 atom stereocenters. The molecule has 1 aliphatic rings. The number of hydrogen-bond donors (Lipinski definition) is 0. The Bertz CT molecular complexity index is 656. The molecule has 1 heterocycles. The van der Waals surface area contributed by atoms with Gasteiger partial charge in [-0.15, -0.1) is 0 Å². The minimum Gasteiger partial charge on any atom is -0.372 e. The highest BCUT2D eigenvalue weighted by atomic mass is 16.1. The zero-order valence-electron chi connectivity index (χ0n) is 14.0. The summed E-state index contributed by atoms with van der Waals surface area (Å²) < 4.78 is 0. The minimum absolute atomic E-state index is 0.167. The maximum absolute atomic E-state index is 13.0. The van der Waals surface area contributed by atoms with Gasteiger partial charge in [0, 0.05) is 25.0 Å². The molecule has 1 saturated carbocycles. The Kier molecular flexibility index (Phi) is 4.46. The highest BCUT2D eigenvalue weighted by molar-refractivity contribution is 6.03. The highest BCUT2D eigenvalue weighted by Gasteiger charge is 2.46. The molecule has 0 unspecified atom stereocenters. The molecular formula is C20H24N2O. The molecule has 0 bridgehead atoms. The van der Waals surface area contributed by atoms with E-state index in [0.29, 0.717) is 5.69 Å². The van der Waals surface area contributed by atoms with Crippen molar-refractivity contribution in [3.63, 3.8) is 0 Å². The standard InChI is InChI=1S/C20H24N2O/c1-3-22(4-2)17-11-9-16(10-12-17)20(13-7-14-20)19(23)18-8-5-6-15-21-18/h5-6,8-12,15H,3-4,7,13-14H2,1-2H3. The van der Waals surface area contributed by atoms with Gasteiger partial charge in [0.05, 0.1) is 5.41 Å². The lowest BCUT2D eigenvalue weighted by Crippen LogP contribution is -2.42. The number of anilines is 1. The second kappa shape index (κ2) is 6.53. The molecule has 3 heteroatoms. The van der Waals surface area contributed by atoms with Crippen molar-refractivity contribution in [2.45, 2.75) is 38.5 Å². The maximum Gasteiger partial charge on any atom is 0.191 e. The molecule has 1 aromatic heterocycles. The van der Waals surface area contributed by atoms with E-state index in [1.54, 1.807) is 6.20 Å². The molecule has 0 saturated heterocycles. The van der Waals surface area contributed by atoms with E-state index in [-0.39, 0.29) is 11.2 Å². The van der Waals surface area contributed by atoms with Gasteiger partial charge in [0.25, 0.3) is 0 Å². The van der Waals surface area contributed by atoms with Gasteiger partial charge in [0.1, 0.15) is 5.69 Å². The van der Waals surface area contributed by atoms with Gasteiger partial charge in [-0.1, -0.05) is 24.6 Å². The number of Topliss-reactive ketones (excluding diaryl/α,β-unsaturated/α-hetero) is 1. The van der Waals surface area contributed by atoms with Crippen LogP contribution >= 0.6 is 0 Å². The molecular weight excluding hydrogens is 284 g/mol. The molecule has 0 spiro atoms. The van der Waals surface area contributed by atoms with Crippen LogP contribution in [0.5, 0.6) is 0 Å². The van der Waals surface area contributed by atoms with Crippen LogP contribution in [0.2, 0.25) is 0 Å². The van der Waals surface area contributed by atoms with Crippen LogP contribution < -0.4 is 4.90 Å². The second-order valence-corrected chi connectivity index (χ2v) is 6.20. The van der Waals surface area contributed by atoms with Gasteiger partial charge < -0.3 is 4.90 Å². The van der Waals surface area contributed by atoms with Gasteiger partial charge in [-0.3, -0.25) is 9.78 Å². The first-order valence-electron chi connectivity index (χ1n) is 8.52. The van der Waals surface area contributed by atoms with Crippen molar-refractivity contribution in [3.05, 3.63) is 59.9 Å². The smallest absolute Gasteiger partial charge is 0.191 e. The van der Waals surface area contributed by atoms with E-state index in [0.717, 1.165) is 37.9 Å². The zero-order chi connectivity index (χ0) is 16.3. The number of aromatic nitrogens is 1. The second-order valence-electron chi connectivity index (χ2n) is 6.20. The van der Waals surface area contributed by atoms with Crippen molar-refractivity contribution in [1.29, 1.82) is 0 Å². The molecule has 2 aromatic rings. The Hall–Kier alpha value is -2.16. The van der Waals surface area contributed by atoms with Crippen LogP contribution in [0.15, 0.2) is 48.7 Å². The van der Waals surface area contributed by atoms with Crippen molar-refractivity contribution in [1.82, 2.24) is 4.98 Å². The quantitative estimate of drug-likeness (QED) is 0.749. The average molecular weight is 308 g/mol. The van der Waals surface area contributed by atoms with Gasteiger partial charge in [0.2, 0.25) is 0 Å². The first kappa shape index (κ1) is 15.7. The highest BCUT2D eigenvalue weighted by Crippen LogP contribution is 2.46. The summed E-state index contributed by atoms with van der Waals surface area (Å²) in [5, 5.41) is 0. The van der Waals surface area contributed by atoms with Crippen LogP contribution in [0, 0.1) is 0 Å². The van der Waals surface area contributed by atoms with Crippen LogP contribution in [0.25, 0.3) is 0 Å². The van der Waals surface area contributed by atoms with Gasteiger partial charge in [0.15, 0.2) is 5.78 Å². The summed E-state index contributed by atoms with van der Waals surface area (Å²) in [6, 6.07) is 14.1. The topological polar surface area (TPSA) is 33.2 Å². The summed E-state index contributed by atoms with van der Waals surface area (Å²) in [7, 11) is 0. The number of benzene rings is 1. The van der Waals surface area contributed by atoms with E-state index in [1.807, 2.05) is 18.2 Å². The Labute approximate surface area is 138 Å². The lowest BCUT2D eigenvalue weighted by molar-refractivity contribution is 0.0783. The van der Waals surface area contributed by atoms with E-state index in [2.05, 4.69) is 48.0 Å². The Balaban J connectivity index is 1.90. The molecule has 3 nitrogen and oxygen atoms in total. The van der Waals surface area contributed by atoms with Crippen LogP contribution in [0.4, 0.5) is 5.69 Å². The van der Waals surface area contributed by atoms with Crippen LogP contribution in [0.1, 0.15) is 49.2 Å². The number of rotatable bonds is 6. The summed E-state index contributed by atoms with van der Waals surface area (Å²) >= 11 is 0. The monoisotopic (exact) mass is 308 g/mol.